The number of hydrogen-bond acceptors (Lipinski definition) is 4. The van der Waals surface area contributed by atoms with Crippen LogP contribution in [0.1, 0.15) is 24.8 Å². The van der Waals surface area contributed by atoms with Gasteiger partial charge in [-0.05, 0) is 31.2 Å². The number of rotatable bonds is 5. The molecule has 0 bridgehead atoms. The van der Waals surface area contributed by atoms with Gasteiger partial charge in [0.2, 0.25) is 10.0 Å². The lowest BCUT2D eigenvalue weighted by molar-refractivity contribution is -0.0543. The molecule has 5 nitrogen and oxygen atoms in total. The van der Waals surface area contributed by atoms with E-state index in [9.17, 15) is 13.5 Å². The van der Waals surface area contributed by atoms with E-state index in [0.29, 0.717) is 32.6 Å². The van der Waals surface area contributed by atoms with E-state index in [-0.39, 0.29) is 17.7 Å². The van der Waals surface area contributed by atoms with Crippen LogP contribution in [-0.4, -0.2) is 55.5 Å². The van der Waals surface area contributed by atoms with Crippen LogP contribution in [0, 0.1) is 5.92 Å². The van der Waals surface area contributed by atoms with Gasteiger partial charge in [0.25, 0.3) is 0 Å². The molecule has 2 fully saturated rings. The van der Waals surface area contributed by atoms with E-state index >= 15 is 0 Å². The Hall–Kier alpha value is -0.950. The molecular formula is C17H25NO4S. The predicted octanol–water partition coefficient (Wildman–Crippen LogP) is 1.42. The molecule has 1 aromatic rings. The first-order valence-corrected chi connectivity index (χ1v) is 9.98. The third kappa shape index (κ3) is 3.94. The maximum absolute atomic E-state index is 12.8. The first-order valence-electron chi connectivity index (χ1n) is 8.37. The van der Waals surface area contributed by atoms with Gasteiger partial charge < -0.3 is 9.84 Å². The second-order valence-corrected chi connectivity index (χ2v) is 8.51. The summed E-state index contributed by atoms with van der Waals surface area (Å²) in [5.74, 6) is 0.0229. The summed E-state index contributed by atoms with van der Waals surface area (Å²) in [5.41, 5.74) is 1.04. The summed E-state index contributed by atoms with van der Waals surface area (Å²) < 4.78 is 32.6. The Bertz CT molecular complexity index is 604. The van der Waals surface area contributed by atoms with Crippen molar-refractivity contribution in [1.29, 1.82) is 0 Å². The Kier molecular flexibility index (Phi) is 5.36. The van der Waals surface area contributed by atoms with Crippen LogP contribution in [0.5, 0.6) is 0 Å². The summed E-state index contributed by atoms with van der Waals surface area (Å²) >= 11 is 0. The number of benzene rings is 1. The van der Waals surface area contributed by atoms with E-state index < -0.39 is 16.1 Å². The molecule has 0 saturated carbocycles. The average molecular weight is 339 g/mol. The number of aryl methyl sites for hydroxylation is 1. The Morgan fingerprint density at radius 3 is 2.74 bits per heavy atom. The number of hydrogen-bond donors (Lipinski definition) is 1. The van der Waals surface area contributed by atoms with Gasteiger partial charge in [-0.3, -0.25) is 0 Å². The summed E-state index contributed by atoms with van der Waals surface area (Å²) in [6, 6.07) is 9.57. The van der Waals surface area contributed by atoms with Crippen molar-refractivity contribution in [2.75, 3.05) is 25.5 Å². The largest absolute Gasteiger partial charge is 0.393 e. The van der Waals surface area contributed by atoms with Crippen molar-refractivity contribution in [2.24, 2.45) is 5.92 Å². The minimum atomic E-state index is -3.31. The molecule has 1 N–H and O–H groups in total. The second kappa shape index (κ2) is 7.30. The van der Waals surface area contributed by atoms with E-state index in [2.05, 4.69) is 0 Å². The summed E-state index contributed by atoms with van der Waals surface area (Å²) in [4.78, 5) is 0. The maximum atomic E-state index is 12.8. The van der Waals surface area contributed by atoms with Crippen molar-refractivity contribution >= 4 is 10.0 Å². The second-order valence-electron chi connectivity index (χ2n) is 6.47. The number of aliphatic hydroxyl groups excluding tert-OH is 1. The fourth-order valence-corrected chi connectivity index (χ4v) is 5.47. The third-order valence-corrected chi connectivity index (χ3v) is 6.84. The normalized spacial score (nSPS) is 29.7. The number of aliphatic hydroxyl groups is 1. The molecule has 3 rings (SSSR count). The van der Waals surface area contributed by atoms with Crippen molar-refractivity contribution < 1.29 is 18.3 Å². The van der Waals surface area contributed by atoms with Gasteiger partial charge >= 0.3 is 0 Å². The Morgan fingerprint density at radius 2 is 2.00 bits per heavy atom. The fraction of sp³-hybridized carbons (Fsp3) is 0.647. The molecule has 0 radical (unpaired) electrons. The van der Waals surface area contributed by atoms with Crippen molar-refractivity contribution in [3.63, 3.8) is 0 Å². The van der Waals surface area contributed by atoms with Gasteiger partial charge in [-0.1, -0.05) is 30.3 Å². The first kappa shape index (κ1) is 16.9. The lowest BCUT2D eigenvalue weighted by Crippen LogP contribution is -2.48. The van der Waals surface area contributed by atoms with Crippen LogP contribution in [0.25, 0.3) is 0 Å². The van der Waals surface area contributed by atoms with Crippen molar-refractivity contribution in [2.45, 2.75) is 37.8 Å². The number of sulfonamides is 1. The number of nitrogens with zero attached hydrogens (tertiary/aromatic N) is 1. The van der Waals surface area contributed by atoms with E-state index in [0.717, 1.165) is 18.4 Å². The van der Waals surface area contributed by atoms with Crippen molar-refractivity contribution in [1.82, 2.24) is 4.31 Å². The Balaban J connectivity index is 1.68. The Morgan fingerprint density at radius 1 is 1.22 bits per heavy atom. The minimum Gasteiger partial charge on any atom is -0.393 e. The molecule has 0 aliphatic carbocycles. The van der Waals surface area contributed by atoms with E-state index in [1.165, 1.54) is 0 Å². The van der Waals surface area contributed by atoms with Gasteiger partial charge in [0.1, 0.15) is 0 Å². The van der Waals surface area contributed by atoms with Crippen LogP contribution in [0.4, 0.5) is 0 Å². The van der Waals surface area contributed by atoms with Gasteiger partial charge in [-0.2, -0.15) is 4.31 Å². The molecule has 1 aromatic carbocycles. The van der Waals surface area contributed by atoms with Gasteiger partial charge in [0.05, 0.1) is 18.5 Å². The predicted molar refractivity (Wildman–Crippen MR) is 88.6 cm³/mol. The SMILES string of the molecule is O=S(=O)(CCc1ccccc1)N1CCCC1C1COCCC1O. The highest BCUT2D eigenvalue weighted by molar-refractivity contribution is 7.89. The average Bonchev–Trinajstić information content (AvgIpc) is 3.05. The third-order valence-electron chi connectivity index (χ3n) is 4.95. The molecule has 3 atom stereocenters. The van der Waals surface area contributed by atoms with Crippen LogP contribution in [0.3, 0.4) is 0 Å². The van der Waals surface area contributed by atoms with Crippen LogP contribution < -0.4 is 0 Å². The zero-order valence-electron chi connectivity index (χ0n) is 13.3. The zero-order chi connectivity index (χ0) is 16.3. The van der Waals surface area contributed by atoms with Crippen LogP contribution in [0.2, 0.25) is 0 Å². The zero-order valence-corrected chi connectivity index (χ0v) is 14.1. The van der Waals surface area contributed by atoms with Gasteiger partial charge in [0, 0.05) is 25.1 Å². The molecule has 23 heavy (non-hydrogen) atoms. The molecule has 6 heteroatoms. The van der Waals surface area contributed by atoms with E-state index in [1.807, 2.05) is 30.3 Å². The molecular weight excluding hydrogens is 314 g/mol. The molecule has 2 aliphatic rings. The molecule has 0 amide bonds. The maximum Gasteiger partial charge on any atom is 0.214 e. The van der Waals surface area contributed by atoms with E-state index in [1.54, 1.807) is 4.31 Å². The number of ether oxygens (including phenoxy) is 1. The molecule has 0 spiro atoms. The molecule has 0 aromatic heterocycles. The van der Waals surface area contributed by atoms with Crippen LogP contribution >= 0.6 is 0 Å². The van der Waals surface area contributed by atoms with Crippen molar-refractivity contribution in [3.8, 4) is 0 Å². The molecule has 128 valence electrons. The van der Waals surface area contributed by atoms with E-state index in [4.69, 9.17) is 4.74 Å². The van der Waals surface area contributed by atoms with Crippen LogP contribution in [-0.2, 0) is 21.2 Å². The summed E-state index contributed by atoms with van der Waals surface area (Å²) in [7, 11) is -3.31. The molecule has 2 aliphatic heterocycles. The van der Waals surface area contributed by atoms with Gasteiger partial charge in [0.15, 0.2) is 0 Å². The topological polar surface area (TPSA) is 66.8 Å². The summed E-state index contributed by atoms with van der Waals surface area (Å²) in [6.07, 6.45) is 2.34. The summed E-state index contributed by atoms with van der Waals surface area (Å²) in [5, 5.41) is 10.2. The van der Waals surface area contributed by atoms with Crippen LogP contribution in [0.15, 0.2) is 30.3 Å². The monoisotopic (exact) mass is 339 g/mol. The molecule has 2 saturated heterocycles. The summed E-state index contributed by atoms with van der Waals surface area (Å²) in [6.45, 7) is 1.58. The highest BCUT2D eigenvalue weighted by Gasteiger charge is 2.42. The van der Waals surface area contributed by atoms with Crippen molar-refractivity contribution in [3.05, 3.63) is 35.9 Å². The first-order chi connectivity index (χ1) is 11.1. The standard InChI is InChI=1S/C17H25NO4S/c19-17-8-11-22-13-15(17)16-7-4-10-18(16)23(20,21)12-9-14-5-2-1-3-6-14/h1-3,5-6,15-17,19H,4,7-13H2. The smallest absolute Gasteiger partial charge is 0.214 e. The molecule has 3 unspecified atom stereocenters. The lowest BCUT2D eigenvalue weighted by Gasteiger charge is -2.36. The van der Waals surface area contributed by atoms with Gasteiger partial charge in [-0.25, -0.2) is 8.42 Å². The lowest BCUT2D eigenvalue weighted by atomic mass is 9.90. The fourth-order valence-electron chi connectivity index (χ4n) is 3.66. The highest BCUT2D eigenvalue weighted by Crippen LogP contribution is 2.32. The molecule has 2 heterocycles. The van der Waals surface area contributed by atoms with Gasteiger partial charge in [-0.15, -0.1) is 0 Å². The minimum absolute atomic E-state index is 0.0993. The highest BCUT2D eigenvalue weighted by atomic mass is 32.2. The quantitative estimate of drug-likeness (QED) is 0.881. The Labute approximate surface area is 138 Å².